The van der Waals surface area contributed by atoms with Crippen LogP contribution >= 0.6 is 0 Å². The molecule has 2 aromatic heterocycles. The quantitative estimate of drug-likeness (QED) is 0.801. The van der Waals surface area contributed by atoms with Crippen LogP contribution in [0.4, 0.5) is 5.69 Å². The number of nitrogens with zero attached hydrogens (tertiary/aromatic N) is 3. The maximum Gasteiger partial charge on any atom is 0.275 e. The van der Waals surface area contributed by atoms with Crippen molar-refractivity contribution in [2.75, 3.05) is 5.32 Å². The van der Waals surface area contributed by atoms with Gasteiger partial charge in [-0.05, 0) is 37.3 Å². The molecule has 0 fully saturated rings. The highest BCUT2D eigenvalue weighted by Crippen LogP contribution is 2.15. The summed E-state index contributed by atoms with van der Waals surface area (Å²) >= 11 is 0. The third-order valence-corrected chi connectivity index (χ3v) is 3.02. The number of rotatable bonds is 3. The fraction of sp³-hybridized carbons (Fsp3) is 0.0625. The van der Waals surface area contributed by atoms with E-state index in [9.17, 15) is 4.79 Å². The van der Waals surface area contributed by atoms with Crippen molar-refractivity contribution in [2.24, 2.45) is 0 Å². The highest BCUT2D eigenvalue weighted by molar-refractivity contribution is 6.02. The van der Waals surface area contributed by atoms with Crippen LogP contribution in [0.3, 0.4) is 0 Å². The van der Waals surface area contributed by atoms with Crippen molar-refractivity contribution >= 4 is 11.6 Å². The summed E-state index contributed by atoms with van der Waals surface area (Å²) in [6, 6.07) is 11.5. The molecule has 0 atom stereocenters. The lowest BCUT2D eigenvalue weighted by Crippen LogP contribution is -2.14. The van der Waals surface area contributed by atoms with Crippen molar-refractivity contribution < 1.29 is 4.79 Å². The predicted octanol–water partition coefficient (Wildman–Crippen LogP) is 2.83. The average molecular weight is 278 g/mol. The Morgan fingerprint density at radius 2 is 1.90 bits per heavy atom. The average Bonchev–Trinajstić information content (AvgIpc) is 3.02. The van der Waals surface area contributed by atoms with E-state index in [-0.39, 0.29) is 5.91 Å². The summed E-state index contributed by atoms with van der Waals surface area (Å²) in [5, 5.41) is 2.83. The summed E-state index contributed by atoms with van der Waals surface area (Å²) in [4.78, 5) is 20.2. The van der Waals surface area contributed by atoms with Crippen molar-refractivity contribution in [1.82, 2.24) is 14.5 Å². The second kappa shape index (κ2) is 5.58. The van der Waals surface area contributed by atoms with Crippen LogP contribution in [0.15, 0.2) is 61.2 Å². The first-order valence-electron chi connectivity index (χ1n) is 6.56. The summed E-state index contributed by atoms with van der Waals surface area (Å²) in [6.07, 6.45) is 6.95. The van der Waals surface area contributed by atoms with Gasteiger partial charge in [-0.15, -0.1) is 0 Å². The first kappa shape index (κ1) is 13.1. The Kier molecular flexibility index (Phi) is 3.47. The SMILES string of the molecule is Cc1cnc(C(=O)Nc2cccc(-n3cccc3)c2)cn1. The minimum Gasteiger partial charge on any atom is -0.324 e. The van der Waals surface area contributed by atoms with Crippen molar-refractivity contribution in [3.05, 3.63) is 72.6 Å². The molecule has 0 saturated carbocycles. The van der Waals surface area contributed by atoms with Gasteiger partial charge in [0.15, 0.2) is 0 Å². The normalized spacial score (nSPS) is 10.3. The van der Waals surface area contributed by atoms with Gasteiger partial charge in [0.05, 0.1) is 11.9 Å². The molecule has 2 heterocycles. The van der Waals surface area contributed by atoms with E-state index in [2.05, 4.69) is 15.3 Å². The number of hydrogen-bond acceptors (Lipinski definition) is 3. The highest BCUT2D eigenvalue weighted by Gasteiger charge is 2.08. The van der Waals surface area contributed by atoms with Crippen LogP contribution in [-0.4, -0.2) is 20.4 Å². The first-order chi connectivity index (χ1) is 10.2. The molecule has 0 aliphatic rings. The van der Waals surface area contributed by atoms with Gasteiger partial charge in [0.2, 0.25) is 0 Å². The van der Waals surface area contributed by atoms with Gasteiger partial charge >= 0.3 is 0 Å². The molecule has 1 N–H and O–H groups in total. The third-order valence-electron chi connectivity index (χ3n) is 3.02. The second-order valence-electron chi connectivity index (χ2n) is 4.64. The number of anilines is 1. The standard InChI is InChI=1S/C16H14N4O/c1-12-10-18-15(11-17-12)16(21)19-13-5-4-6-14(9-13)20-7-2-3-8-20/h2-11H,1H3,(H,19,21). The molecule has 0 aliphatic carbocycles. The minimum atomic E-state index is -0.271. The van der Waals surface area contributed by atoms with Gasteiger partial charge in [-0.1, -0.05) is 6.07 Å². The number of aromatic nitrogens is 3. The molecule has 0 unspecified atom stereocenters. The summed E-state index contributed by atoms with van der Waals surface area (Å²) in [6.45, 7) is 1.83. The number of aryl methyl sites for hydroxylation is 1. The molecule has 5 heteroatoms. The molecule has 0 spiro atoms. The van der Waals surface area contributed by atoms with E-state index < -0.39 is 0 Å². The van der Waals surface area contributed by atoms with Crippen molar-refractivity contribution in [2.45, 2.75) is 6.92 Å². The summed E-state index contributed by atoms with van der Waals surface area (Å²) in [5.41, 5.74) is 2.77. The van der Waals surface area contributed by atoms with Crippen LogP contribution < -0.4 is 5.32 Å². The Morgan fingerprint density at radius 1 is 1.10 bits per heavy atom. The van der Waals surface area contributed by atoms with Crippen LogP contribution in [-0.2, 0) is 0 Å². The van der Waals surface area contributed by atoms with Gasteiger partial charge in [-0.25, -0.2) is 4.98 Å². The second-order valence-corrected chi connectivity index (χ2v) is 4.64. The largest absolute Gasteiger partial charge is 0.324 e. The van der Waals surface area contributed by atoms with Crippen molar-refractivity contribution in [3.63, 3.8) is 0 Å². The molecule has 1 aromatic carbocycles. The lowest BCUT2D eigenvalue weighted by molar-refractivity contribution is 0.102. The van der Waals surface area contributed by atoms with Crippen molar-refractivity contribution in [1.29, 1.82) is 0 Å². The fourth-order valence-corrected chi connectivity index (χ4v) is 1.96. The summed E-state index contributed by atoms with van der Waals surface area (Å²) < 4.78 is 1.97. The van der Waals surface area contributed by atoms with Gasteiger partial charge in [0.25, 0.3) is 5.91 Å². The number of nitrogens with one attached hydrogen (secondary N) is 1. The monoisotopic (exact) mass is 278 g/mol. The van der Waals surface area contributed by atoms with Crippen LogP contribution in [0, 0.1) is 6.92 Å². The maximum atomic E-state index is 12.1. The summed E-state index contributed by atoms with van der Waals surface area (Å²) in [5.74, 6) is -0.271. The Balaban J connectivity index is 1.80. The van der Waals surface area contributed by atoms with E-state index in [1.54, 1.807) is 6.20 Å². The van der Waals surface area contributed by atoms with Gasteiger partial charge in [-0.2, -0.15) is 0 Å². The molecular formula is C16H14N4O. The van der Waals surface area contributed by atoms with Crippen LogP contribution in [0.1, 0.15) is 16.2 Å². The Labute approximate surface area is 122 Å². The fourth-order valence-electron chi connectivity index (χ4n) is 1.96. The molecule has 104 valence electrons. The Bertz CT molecular complexity index is 748. The summed E-state index contributed by atoms with van der Waals surface area (Å²) in [7, 11) is 0. The van der Waals surface area contributed by atoms with E-state index in [1.807, 2.05) is 60.3 Å². The topological polar surface area (TPSA) is 59.8 Å². The molecule has 1 amide bonds. The van der Waals surface area contributed by atoms with Crippen molar-refractivity contribution in [3.8, 4) is 5.69 Å². The van der Waals surface area contributed by atoms with Gasteiger partial charge in [0, 0.05) is 30.0 Å². The lowest BCUT2D eigenvalue weighted by atomic mass is 10.2. The van der Waals surface area contributed by atoms with Crippen LogP contribution in [0.5, 0.6) is 0 Å². The number of carbonyl (C=O) groups excluding carboxylic acids is 1. The zero-order valence-electron chi connectivity index (χ0n) is 11.5. The number of carbonyl (C=O) groups is 1. The van der Waals surface area contributed by atoms with Crippen LogP contribution in [0.2, 0.25) is 0 Å². The highest BCUT2D eigenvalue weighted by atomic mass is 16.1. The van der Waals surface area contributed by atoms with Gasteiger partial charge < -0.3 is 9.88 Å². The molecule has 3 rings (SSSR count). The number of amides is 1. The smallest absolute Gasteiger partial charge is 0.275 e. The molecule has 0 saturated heterocycles. The van der Waals surface area contributed by atoms with E-state index in [0.717, 1.165) is 11.4 Å². The lowest BCUT2D eigenvalue weighted by Gasteiger charge is -2.08. The zero-order chi connectivity index (χ0) is 14.7. The molecular weight excluding hydrogens is 264 g/mol. The molecule has 0 aliphatic heterocycles. The molecule has 3 aromatic rings. The Morgan fingerprint density at radius 3 is 2.62 bits per heavy atom. The molecule has 5 nitrogen and oxygen atoms in total. The van der Waals surface area contributed by atoms with E-state index >= 15 is 0 Å². The molecule has 21 heavy (non-hydrogen) atoms. The van der Waals surface area contributed by atoms with E-state index in [1.165, 1.54) is 6.20 Å². The minimum absolute atomic E-state index is 0.271. The molecule has 0 bridgehead atoms. The maximum absolute atomic E-state index is 12.1. The van der Waals surface area contributed by atoms with Gasteiger partial charge in [-0.3, -0.25) is 9.78 Å². The van der Waals surface area contributed by atoms with Crippen LogP contribution in [0.25, 0.3) is 5.69 Å². The number of hydrogen-bond donors (Lipinski definition) is 1. The number of benzene rings is 1. The van der Waals surface area contributed by atoms with E-state index in [4.69, 9.17) is 0 Å². The third kappa shape index (κ3) is 2.97. The first-order valence-corrected chi connectivity index (χ1v) is 6.56. The van der Waals surface area contributed by atoms with E-state index in [0.29, 0.717) is 11.4 Å². The molecule has 0 radical (unpaired) electrons. The van der Waals surface area contributed by atoms with Gasteiger partial charge in [0.1, 0.15) is 5.69 Å². The Hall–Kier alpha value is -2.95. The zero-order valence-corrected chi connectivity index (χ0v) is 11.5. The predicted molar refractivity (Wildman–Crippen MR) is 80.5 cm³/mol.